The molecule has 0 aromatic carbocycles. The van der Waals surface area contributed by atoms with E-state index >= 15 is 0 Å². The lowest BCUT2D eigenvalue weighted by Gasteiger charge is -2.38. The molecule has 21 rings (SSSR count). The molecule has 2 N–H and O–H groups in total. The zero-order valence-corrected chi connectivity index (χ0v) is 36.0. The third kappa shape index (κ3) is 3.69. The minimum Gasteiger partial charge on any atom is -0.355 e. The van der Waals surface area contributed by atoms with E-state index in [1.54, 1.807) is 64.0 Å². The minimum absolute atomic E-state index is 0.401. The number of allylic oxidation sites excluding steroid dienone is 4. The Labute approximate surface area is 362 Å². The molecule has 0 spiro atoms. The van der Waals surface area contributed by atoms with Crippen LogP contribution in [0.25, 0.3) is 44.4 Å². The van der Waals surface area contributed by atoms with Gasteiger partial charge in [-0.3, -0.25) is 0 Å². The molecule has 12 aliphatic carbocycles. The van der Waals surface area contributed by atoms with Crippen molar-refractivity contribution in [3.8, 4) is 0 Å². The van der Waals surface area contributed by atoms with Crippen molar-refractivity contribution in [2.75, 3.05) is 0 Å². The van der Waals surface area contributed by atoms with Crippen LogP contribution in [0.2, 0.25) is 0 Å². The highest BCUT2D eigenvalue weighted by Crippen LogP contribution is 2.65. The van der Waals surface area contributed by atoms with Gasteiger partial charge in [0.1, 0.15) is 0 Å². The van der Waals surface area contributed by atoms with E-state index in [1.165, 1.54) is 119 Å². The van der Waals surface area contributed by atoms with E-state index in [0.717, 1.165) is 0 Å². The number of hydrogen-bond acceptors (Lipinski definition) is 6. The van der Waals surface area contributed by atoms with E-state index in [-0.39, 0.29) is 0 Å². The fourth-order valence-electron chi connectivity index (χ4n) is 15.0. The van der Waals surface area contributed by atoms with Crippen LogP contribution >= 0.6 is 45.3 Å². The van der Waals surface area contributed by atoms with Crippen LogP contribution in [-0.2, 0) is 0 Å². The largest absolute Gasteiger partial charge is 0.355 e. The average molecular weight is 847 g/mol. The van der Waals surface area contributed by atoms with Crippen LogP contribution in [0.1, 0.15) is 186 Å². The SMILES string of the molecule is c1cc2c(s1)C1CCC2C2=C1c1cc3nc(cc4[nH]c(cc5[nH]c(cc2n1)c1c5C2CCC1c1sccc12)c1c4C2CCC1c1sccc12)C1=C3C2CCC1c1sccc12. The molecule has 0 amide bonds. The topological polar surface area (TPSA) is 57.4 Å². The van der Waals surface area contributed by atoms with Gasteiger partial charge < -0.3 is 9.97 Å². The molecule has 0 radical (unpaired) electrons. The summed E-state index contributed by atoms with van der Waals surface area (Å²) in [5.41, 5.74) is 28.4. The van der Waals surface area contributed by atoms with E-state index < -0.39 is 0 Å². The predicted molar refractivity (Wildman–Crippen MR) is 247 cm³/mol. The zero-order valence-electron chi connectivity index (χ0n) is 32.7. The molecule has 8 atom stereocenters. The van der Waals surface area contributed by atoms with Crippen LogP contribution in [0, 0.1) is 0 Å². The molecule has 0 saturated carbocycles. The lowest BCUT2D eigenvalue weighted by Crippen LogP contribution is -2.22. The van der Waals surface area contributed by atoms with Crippen LogP contribution in [0.4, 0.5) is 0 Å². The first-order valence-electron chi connectivity index (χ1n) is 22.3. The van der Waals surface area contributed by atoms with E-state index in [2.05, 4.69) is 80.0 Å². The van der Waals surface area contributed by atoms with E-state index in [1.807, 2.05) is 45.3 Å². The Morgan fingerprint density at radius 2 is 0.667 bits per heavy atom. The summed E-state index contributed by atoms with van der Waals surface area (Å²) in [5.74, 6) is 3.36. The number of aromatic nitrogens is 4. The van der Waals surface area contributed by atoms with Gasteiger partial charge in [0.2, 0.25) is 0 Å². The van der Waals surface area contributed by atoms with Gasteiger partial charge in [-0.1, -0.05) is 0 Å². The maximum atomic E-state index is 5.82. The fourth-order valence-corrected chi connectivity index (χ4v) is 19.4. The predicted octanol–water partition coefficient (Wildman–Crippen LogP) is 14.5. The van der Waals surface area contributed by atoms with Gasteiger partial charge in [0.25, 0.3) is 0 Å². The number of rotatable bonds is 0. The molecule has 9 heterocycles. The highest BCUT2D eigenvalue weighted by molar-refractivity contribution is 7.11. The Kier molecular flexibility index (Phi) is 5.83. The number of nitrogens with one attached hydrogen (secondary N) is 2. The molecule has 16 bridgehead atoms. The van der Waals surface area contributed by atoms with Gasteiger partial charge in [-0.25, -0.2) is 9.97 Å². The summed E-state index contributed by atoms with van der Waals surface area (Å²) in [7, 11) is 0. The smallest absolute Gasteiger partial charge is 0.0700 e. The second-order valence-electron chi connectivity index (χ2n) is 19.2. The summed E-state index contributed by atoms with van der Waals surface area (Å²) < 4.78 is 0. The molecule has 8 heteroatoms. The summed E-state index contributed by atoms with van der Waals surface area (Å²) in [6.45, 7) is 0. The molecule has 2 aliphatic heterocycles. The lowest BCUT2D eigenvalue weighted by molar-refractivity contribution is 0.536. The third-order valence-corrected chi connectivity index (χ3v) is 21.2. The number of fused-ring (bicyclic) bond motifs is 12. The van der Waals surface area contributed by atoms with Crippen LogP contribution < -0.4 is 0 Å². The van der Waals surface area contributed by atoms with Crippen molar-refractivity contribution in [2.45, 2.75) is 98.7 Å². The van der Waals surface area contributed by atoms with Crippen LogP contribution in [-0.4, -0.2) is 19.9 Å². The first kappa shape index (κ1) is 32.2. The second-order valence-corrected chi connectivity index (χ2v) is 23.0. The molecule has 4 nitrogen and oxygen atoms in total. The Balaban J connectivity index is 1.03. The van der Waals surface area contributed by atoms with Crippen LogP contribution in [0.15, 0.2) is 70.1 Å². The molecule has 60 heavy (non-hydrogen) atoms. The maximum Gasteiger partial charge on any atom is 0.0700 e. The number of aromatic amines is 2. The fraction of sp³-hybridized carbons (Fsp3) is 0.308. The summed E-state index contributed by atoms with van der Waals surface area (Å²) in [6, 6.07) is 19.8. The molecule has 0 saturated heterocycles. The molecular formula is C52H38N4S4. The summed E-state index contributed by atoms with van der Waals surface area (Å²) >= 11 is 7.91. The molecule has 0 fully saturated rings. The normalized spacial score (nSPS) is 28.7. The Bertz CT molecular complexity index is 3200. The van der Waals surface area contributed by atoms with E-state index in [0.29, 0.717) is 47.3 Å². The molecule has 7 aromatic heterocycles. The van der Waals surface area contributed by atoms with E-state index in [9.17, 15) is 0 Å². The number of hydrogen-bond donors (Lipinski definition) is 2. The molecule has 290 valence electrons. The van der Waals surface area contributed by atoms with Crippen molar-refractivity contribution in [1.82, 2.24) is 19.9 Å². The van der Waals surface area contributed by atoms with Crippen molar-refractivity contribution in [3.63, 3.8) is 0 Å². The Hall–Kier alpha value is -4.60. The maximum absolute atomic E-state index is 5.82. The molecule has 8 unspecified atom stereocenters. The van der Waals surface area contributed by atoms with Gasteiger partial charge in [0.05, 0.1) is 22.8 Å². The minimum atomic E-state index is 0.401. The number of H-pyrrole nitrogens is 2. The van der Waals surface area contributed by atoms with Crippen molar-refractivity contribution in [3.05, 3.63) is 157 Å². The lowest BCUT2D eigenvalue weighted by atomic mass is 9.65. The van der Waals surface area contributed by atoms with Gasteiger partial charge in [-0.2, -0.15) is 0 Å². The molecular weight excluding hydrogens is 809 g/mol. The monoisotopic (exact) mass is 846 g/mol. The number of thiophene rings is 4. The van der Waals surface area contributed by atoms with Crippen LogP contribution in [0.5, 0.6) is 0 Å². The quantitative estimate of drug-likeness (QED) is 0.160. The summed E-state index contributed by atoms with van der Waals surface area (Å²) in [6.07, 6.45) is 9.74. The highest BCUT2D eigenvalue weighted by Gasteiger charge is 2.48. The van der Waals surface area contributed by atoms with E-state index in [4.69, 9.17) is 9.97 Å². The molecule has 7 aromatic rings. The summed E-state index contributed by atoms with van der Waals surface area (Å²) in [4.78, 5) is 26.4. The van der Waals surface area contributed by atoms with Gasteiger partial charge >= 0.3 is 0 Å². The first-order valence-corrected chi connectivity index (χ1v) is 25.9. The summed E-state index contributed by atoms with van der Waals surface area (Å²) in [5, 5.41) is 9.41. The van der Waals surface area contributed by atoms with Crippen molar-refractivity contribution < 1.29 is 0 Å². The average Bonchev–Trinajstić information content (AvgIpc) is 4.14. The van der Waals surface area contributed by atoms with Crippen molar-refractivity contribution in [2.24, 2.45) is 0 Å². The van der Waals surface area contributed by atoms with Gasteiger partial charge in [0, 0.05) is 88.9 Å². The third-order valence-electron chi connectivity index (χ3n) is 17.0. The van der Waals surface area contributed by atoms with Crippen LogP contribution in [0.3, 0.4) is 0 Å². The first-order chi connectivity index (χ1) is 29.7. The highest BCUT2D eigenvalue weighted by atomic mass is 32.1. The molecule has 14 aliphatic rings. The zero-order chi connectivity index (χ0) is 38.3. The standard InChI is InChI=1S/C52H38N4S4/c1-5-29-45-37-18-34-42-22-3-7-31(51-26(22)10-15-59-51)47(42)39(55-34)20-36-44-24-4-8-32(52-28(24)12-16-60-52)48(44)40(56-36)19-35-43-23-2-6-30(50-27(23)11-14-58-50)46(43)38(54-35)17-33(53-37)41(45)21(1)25-9-13-57-49(25)29/h9-24,29-32,53-54H,1-8H2. The number of nitrogens with zero attached hydrogens (tertiary/aromatic N) is 2. The Morgan fingerprint density at radius 1 is 0.350 bits per heavy atom. The van der Waals surface area contributed by atoms with Crippen molar-refractivity contribution >= 4 is 89.7 Å². The van der Waals surface area contributed by atoms with Gasteiger partial charge in [-0.05, 0) is 188 Å². The second kappa shape index (κ2) is 10.9. The Morgan fingerprint density at radius 3 is 1.13 bits per heavy atom. The van der Waals surface area contributed by atoms with Gasteiger partial charge in [-0.15, -0.1) is 45.3 Å². The van der Waals surface area contributed by atoms with Gasteiger partial charge in [0.15, 0.2) is 0 Å². The van der Waals surface area contributed by atoms with Crippen molar-refractivity contribution in [1.29, 1.82) is 0 Å².